The highest BCUT2D eigenvalue weighted by atomic mass is 16.4. The maximum Gasteiger partial charge on any atom is 0.307 e. The predicted octanol–water partition coefficient (Wildman–Crippen LogP) is 2.55. The Morgan fingerprint density at radius 2 is 1.68 bits per heavy atom. The Hall–Kier alpha value is -1.32. The lowest BCUT2D eigenvalue weighted by molar-refractivity contribution is -0.151. The van der Waals surface area contributed by atoms with Crippen molar-refractivity contribution >= 4 is 11.9 Å². The first-order valence-electron chi connectivity index (χ1n) is 7.02. The Balaban J connectivity index is 2.88. The maximum atomic E-state index is 12.6. The van der Waals surface area contributed by atoms with E-state index in [1.165, 1.54) is 0 Å². The lowest BCUT2D eigenvalue weighted by Crippen LogP contribution is -2.46. The molecule has 0 aromatic carbocycles. The van der Waals surface area contributed by atoms with Crippen LogP contribution in [0.5, 0.6) is 0 Å². The van der Waals surface area contributed by atoms with Gasteiger partial charge in [-0.3, -0.25) is 9.59 Å². The normalized spacial score (nSPS) is 22.8. The second-order valence-electron chi connectivity index (χ2n) is 5.97. The van der Waals surface area contributed by atoms with E-state index in [1.807, 2.05) is 30.9 Å². The standard InChI is InChI=1S/C15H25NO3/c1-10(2)9-16(11(3)4)14(17)12-7-5-6-8-13(12)15(18)19/h5-6,10-13H,7-9H2,1-4H3,(H,18,19)/t12-,13+/m1/s1. The average Bonchev–Trinajstić information content (AvgIpc) is 2.34. The van der Waals surface area contributed by atoms with Crippen molar-refractivity contribution in [1.82, 2.24) is 4.90 Å². The largest absolute Gasteiger partial charge is 0.481 e. The molecule has 0 aromatic heterocycles. The summed E-state index contributed by atoms with van der Waals surface area (Å²) < 4.78 is 0. The van der Waals surface area contributed by atoms with Crippen molar-refractivity contribution in [1.29, 1.82) is 0 Å². The minimum atomic E-state index is -0.865. The molecule has 0 aliphatic heterocycles. The predicted molar refractivity (Wildman–Crippen MR) is 74.7 cm³/mol. The summed E-state index contributed by atoms with van der Waals surface area (Å²) >= 11 is 0. The van der Waals surface area contributed by atoms with Crippen molar-refractivity contribution in [3.8, 4) is 0 Å². The number of aliphatic carboxylic acids is 1. The molecular weight excluding hydrogens is 242 g/mol. The van der Waals surface area contributed by atoms with E-state index in [9.17, 15) is 14.7 Å². The molecule has 1 N–H and O–H groups in total. The van der Waals surface area contributed by atoms with Crippen LogP contribution in [0.4, 0.5) is 0 Å². The fraction of sp³-hybridized carbons (Fsp3) is 0.733. The van der Waals surface area contributed by atoms with Crippen LogP contribution >= 0.6 is 0 Å². The molecule has 1 rings (SSSR count). The molecule has 0 saturated heterocycles. The van der Waals surface area contributed by atoms with Crippen LogP contribution < -0.4 is 0 Å². The number of carboxylic acid groups (broad SMARTS) is 1. The molecule has 0 bridgehead atoms. The highest BCUT2D eigenvalue weighted by Gasteiger charge is 2.37. The van der Waals surface area contributed by atoms with E-state index in [-0.39, 0.29) is 11.9 Å². The van der Waals surface area contributed by atoms with Gasteiger partial charge in [-0.2, -0.15) is 0 Å². The average molecular weight is 267 g/mol. The van der Waals surface area contributed by atoms with Crippen molar-refractivity contribution in [3.63, 3.8) is 0 Å². The first-order chi connectivity index (χ1) is 8.84. The van der Waals surface area contributed by atoms with E-state index in [0.29, 0.717) is 25.3 Å². The van der Waals surface area contributed by atoms with Crippen molar-refractivity contribution < 1.29 is 14.7 Å². The van der Waals surface area contributed by atoms with Crippen LogP contribution in [0.15, 0.2) is 12.2 Å². The van der Waals surface area contributed by atoms with Gasteiger partial charge in [0.2, 0.25) is 5.91 Å². The van der Waals surface area contributed by atoms with Crippen LogP contribution in [0.1, 0.15) is 40.5 Å². The van der Waals surface area contributed by atoms with Gasteiger partial charge in [-0.05, 0) is 32.6 Å². The second-order valence-corrected chi connectivity index (χ2v) is 5.97. The summed E-state index contributed by atoms with van der Waals surface area (Å²) in [5.74, 6) is -1.49. The number of hydrogen-bond acceptors (Lipinski definition) is 2. The SMILES string of the molecule is CC(C)CN(C(=O)[C@@H]1CC=CC[C@@H]1C(=O)O)C(C)C. The van der Waals surface area contributed by atoms with Crippen LogP contribution in [0.3, 0.4) is 0 Å². The summed E-state index contributed by atoms with van der Waals surface area (Å²) in [4.78, 5) is 25.7. The molecule has 1 amide bonds. The Bertz CT molecular complexity index is 360. The number of carbonyl (C=O) groups is 2. The molecule has 1 aliphatic carbocycles. The van der Waals surface area contributed by atoms with Gasteiger partial charge in [0.15, 0.2) is 0 Å². The van der Waals surface area contributed by atoms with E-state index < -0.39 is 17.8 Å². The van der Waals surface area contributed by atoms with E-state index in [0.717, 1.165) is 0 Å². The summed E-state index contributed by atoms with van der Waals surface area (Å²) in [5, 5.41) is 9.26. The van der Waals surface area contributed by atoms with Crippen LogP contribution in [-0.4, -0.2) is 34.5 Å². The monoisotopic (exact) mass is 267 g/mol. The lowest BCUT2D eigenvalue weighted by Gasteiger charge is -2.34. The third-order valence-corrected chi connectivity index (χ3v) is 3.54. The van der Waals surface area contributed by atoms with Gasteiger partial charge in [-0.15, -0.1) is 0 Å². The van der Waals surface area contributed by atoms with Gasteiger partial charge in [0.1, 0.15) is 0 Å². The highest BCUT2D eigenvalue weighted by molar-refractivity contribution is 5.85. The first-order valence-corrected chi connectivity index (χ1v) is 7.02. The van der Waals surface area contributed by atoms with Gasteiger partial charge in [-0.1, -0.05) is 26.0 Å². The summed E-state index contributed by atoms with van der Waals surface area (Å²) in [6, 6.07) is 0.107. The van der Waals surface area contributed by atoms with E-state index in [1.54, 1.807) is 0 Å². The zero-order valence-corrected chi connectivity index (χ0v) is 12.3. The topological polar surface area (TPSA) is 57.6 Å². The van der Waals surface area contributed by atoms with Gasteiger partial charge < -0.3 is 10.0 Å². The molecule has 4 nitrogen and oxygen atoms in total. The number of hydrogen-bond donors (Lipinski definition) is 1. The van der Waals surface area contributed by atoms with Crippen LogP contribution in [-0.2, 0) is 9.59 Å². The first kappa shape index (κ1) is 15.7. The molecule has 0 fully saturated rings. The molecular formula is C15H25NO3. The van der Waals surface area contributed by atoms with E-state index in [4.69, 9.17) is 0 Å². The summed E-state index contributed by atoms with van der Waals surface area (Å²) in [5.41, 5.74) is 0. The Morgan fingerprint density at radius 1 is 1.16 bits per heavy atom. The molecule has 2 atom stereocenters. The Morgan fingerprint density at radius 3 is 2.11 bits per heavy atom. The van der Waals surface area contributed by atoms with Gasteiger partial charge in [0.05, 0.1) is 11.8 Å². The summed E-state index contributed by atoms with van der Waals surface area (Å²) in [6.45, 7) is 8.78. The quantitative estimate of drug-likeness (QED) is 0.779. The van der Waals surface area contributed by atoms with E-state index >= 15 is 0 Å². The molecule has 0 saturated carbocycles. The number of rotatable bonds is 5. The minimum Gasteiger partial charge on any atom is -0.481 e. The molecule has 0 unspecified atom stereocenters. The van der Waals surface area contributed by atoms with E-state index in [2.05, 4.69) is 13.8 Å². The molecule has 0 heterocycles. The maximum absolute atomic E-state index is 12.6. The summed E-state index contributed by atoms with van der Waals surface area (Å²) in [7, 11) is 0. The fourth-order valence-electron chi connectivity index (χ4n) is 2.52. The smallest absolute Gasteiger partial charge is 0.307 e. The van der Waals surface area contributed by atoms with Gasteiger partial charge >= 0.3 is 5.97 Å². The van der Waals surface area contributed by atoms with Crippen molar-refractivity contribution in [3.05, 3.63) is 12.2 Å². The fourth-order valence-corrected chi connectivity index (χ4v) is 2.52. The third kappa shape index (κ3) is 4.08. The molecule has 108 valence electrons. The number of nitrogens with zero attached hydrogens (tertiary/aromatic N) is 1. The second kappa shape index (κ2) is 6.73. The highest BCUT2D eigenvalue weighted by Crippen LogP contribution is 2.28. The third-order valence-electron chi connectivity index (χ3n) is 3.54. The zero-order chi connectivity index (χ0) is 14.6. The Labute approximate surface area is 115 Å². The number of amides is 1. The number of allylic oxidation sites excluding steroid dienone is 2. The number of carbonyl (C=O) groups excluding carboxylic acids is 1. The molecule has 19 heavy (non-hydrogen) atoms. The Kier molecular flexibility index (Phi) is 5.58. The van der Waals surface area contributed by atoms with Gasteiger partial charge in [0, 0.05) is 12.6 Å². The minimum absolute atomic E-state index is 0.0135. The lowest BCUT2D eigenvalue weighted by atomic mass is 9.81. The van der Waals surface area contributed by atoms with Crippen LogP contribution in [0, 0.1) is 17.8 Å². The van der Waals surface area contributed by atoms with Crippen LogP contribution in [0.25, 0.3) is 0 Å². The zero-order valence-electron chi connectivity index (χ0n) is 12.3. The number of carboxylic acids is 1. The summed E-state index contributed by atoms with van der Waals surface area (Å²) in [6.07, 6.45) is 4.79. The molecule has 0 aromatic rings. The molecule has 0 radical (unpaired) electrons. The van der Waals surface area contributed by atoms with Crippen LogP contribution in [0.2, 0.25) is 0 Å². The van der Waals surface area contributed by atoms with Gasteiger partial charge in [0.25, 0.3) is 0 Å². The van der Waals surface area contributed by atoms with Crippen molar-refractivity contribution in [2.24, 2.45) is 17.8 Å². The van der Waals surface area contributed by atoms with Gasteiger partial charge in [-0.25, -0.2) is 0 Å². The molecule has 4 heteroatoms. The van der Waals surface area contributed by atoms with Crippen molar-refractivity contribution in [2.45, 2.75) is 46.6 Å². The van der Waals surface area contributed by atoms with Crippen molar-refractivity contribution in [2.75, 3.05) is 6.54 Å². The molecule has 1 aliphatic rings. The molecule has 0 spiro atoms.